The van der Waals surface area contributed by atoms with Crippen molar-refractivity contribution in [1.82, 2.24) is 0 Å². The number of hydrogen-bond donors (Lipinski definition) is 4. The number of aliphatic carboxylic acids is 4. The van der Waals surface area contributed by atoms with Crippen molar-refractivity contribution >= 4 is 80.0 Å². The van der Waals surface area contributed by atoms with Gasteiger partial charge in [0.05, 0.1) is 23.6 Å². The van der Waals surface area contributed by atoms with Crippen LogP contribution in [0.2, 0.25) is 0 Å². The molecule has 69 heavy (non-hydrogen) atoms. The normalized spacial score (nSPS) is 14.0. The SMILES string of the molecule is CCN(CC)c1ccc2cc(C(=O)/C=C/c3ccc(N(C)CCC(=O)O)cc3)c(=O)oc2c1.Cc1ccc2c(=O)c3cccc(CC(=O)O)c3oc2c1C.O=C(O)C(=O)O.[NH-][C@@H]1CCCC[C@H]1[NH-].[Pt+2]. The molecule has 6 N–H and O–H groups in total. The first-order chi connectivity index (χ1) is 32.2. The largest absolute Gasteiger partial charge is 2.00 e. The summed E-state index contributed by atoms with van der Waals surface area (Å²) < 4.78 is 11.4. The summed E-state index contributed by atoms with van der Waals surface area (Å²) in [6, 6.07) is 23.1. The van der Waals surface area contributed by atoms with E-state index in [4.69, 9.17) is 50.3 Å². The van der Waals surface area contributed by atoms with Crippen LogP contribution in [0, 0.1) is 13.8 Å². The Hall–Kier alpha value is -6.94. The van der Waals surface area contributed by atoms with Crippen molar-refractivity contribution in [2.24, 2.45) is 0 Å². The van der Waals surface area contributed by atoms with Crippen LogP contribution in [-0.2, 0) is 46.7 Å². The topological polar surface area (TPSA) is 281 Å². The maximum Gasteiger partial charge on any atom is 2.00 e. The number of allylic oxidation sites excluding steroid dienone is 1. The summed E-state index contributed by atoms with van der Waals surface area (Å²) in [5.41, 5.74) is 20.2. The molecule has 2 heterocycles. The van der Waals surface area contributed by atoms with Crippen LogP contribution in [-0.4, -0.2) is 88.9 Å². The van der Waals surface area contributed by atoms with E-state index in [1.807, 2.05) is 74.3 Å². The number of hydrogen-bond acceptors (Lipinski definition) is 11. The first-order valence-corrected chi connectivity index (χ1v) is 21.9. The number of aryl methyl sites for hydroxylation is 2. The maximum atomic E-state index is 12.7. The van der Waals surface area contributed by atoms with E-state index in [0.717, 1.165) is 54.0 Å². The third kappa shape index (κ3) is 15.8. The van der Waals surface area contributed by atoms with E-state index in [-0.39, 0.29) is 57.0 Å². The van der Waals surface area contributed by atoms with Crippen LogP contribution in [0.1, 0.15) is 78.6 Å². The third-order valence-electron chi connectivity index (χ3n) is 11.3. The minimum Gasteiger partial charge on any atom is -0.676 e. The summed E-state index contributed by atoms with van der Waals surface area (Å²) in [7, 11) is 1.82. The number of fused-ring (bicyclic) bond motifs is 3. The molecular weight excluding hydrogens is 1070 g/mol. The second-order valence-electron chi connectivity index (χ2n) is 16.0. The van der Waals surface area contributed by atoms with Gasteiger partial charge in [0.2, 0.25) is 5.43 Å². The molecule has 18 heteroatoms. The molecule has 0 unspecified atom stereocenters. The fourth-order valence-electron chi connectivity index (χ4n) is 7.22. The molecule has 4 aromatic carbocycles. The zero-order chi connectivity index (χ0) is 50.2. The quantitative estimate of drug-likeness (QED) is 0.0292. The summed E-state index contributed by atoms with van der Waals surface area (Å²) in [5, 5.41) is 34.2. The summed E-state index contributed by atoms with van der Waals surface area (Å²) in [6.07, 6.45) is 7.12. The Balaban J connectivity index is 0.000000295. The molecular formula is C51H56N4O13Pt. The van der Waals surface area contributed by atoms with Crippen molar-refractivity contribution in [2.75, 3.05) is 36.5 Å². The fraction of sp³-hybridized carbons (Fsp3) is 0.314. The molecule has 1 aliphatic carbocycles. The number of carboxylic acids is 4. The molecule has 0 radical (unpaired) electrons. The molecule has 1 saturated carbocycles. The smallest absolute Gasteiger partial charge is 0.676 e. The number of anilines is 2. The first-order valence-electron chi connectivity index (χ1n) is 21.9. The molecule has 1 fully saturated rings. The Morgan fingerprint density at radius 1 is 0.739 bits per heavy atom. The van der Waals surface area contributed by atoms with E-state index in [2.05, 4.69) is 18.7 Å². The molecule has 0 bridgehead atoms. The number of carboxylic acid groups (broad SMARTS) is 4. The second-order valence-corrected chi connectivity index (χ2v) is 16.0. The number of carbonyl (C=O) groups is 5. The van der Waals surface area contributed by atoms with Crippen molar-refractivity contribution in [3.8, 4) is 0 Å². The van der Waals surface area contributed by atoms with Crippen LogP contribution >= 0.6 is 0 Å². The third-order valence-corrected chi connectivity index (χ3v) is 11.3. The Kier molecular flexibility index (Phi) is 21.7. The van der Waals surface area contributed by atoms with E-state index >= 15 is 0 Å². The van der Waals surface area contributed by atoms with Crippen LogP contribution in [0.5, 0.6) is 0 Å². The Morgan fingerprint density at radius 2 is 1.33 bits per heavy atom. The Bertz CT molecular complexity index is 2900. The number of benzene rings is 4. The molecule has 7 rings (SSSR count). The van der Waals surface area contributed by atoms with Gasteiger partial charge in [-0.3, -0.25) is 19.2 Å². The van der Waals surface area contributed by atoms with E-state index in [0.29, 0.717) is 45.0 Å². The summed E-state index contributed by atoms with van der Waals surface area (Å²) >= 11 is 0. The van der Waals surface area contributed by atoms with Gasteiger partial charge in [0.25, 0.3) is 0 Å². The maximum absolute atomic E-state index is 12.7. The van der Waals surface area contributed by atoms with Crippen molar-refractivity contribution in [1.29, 1.82) is 0 Å². The predicted molar refractivity (Wildman–Crippen MR) is 262 cm³/mol. The van der Waals surface area contributed by atoms with Gasteiger partial charge in [-0.2, -0.15) is 12.1 Å². The molecule has 17 nitrogen and oxygen atoms in total. The van der Waals surface area contributed by atoms with E-state index in [1.54, 1.807) is 36.4 Å². The second kappa shape index (κ2) is 26.6. The molecule has 368 valence electrons. The minimum atomic E-state index is -1.82. The number of nitrogens with zero attached hydrogens (tertiary/aromatic N) is 2. The summed E-state index contributed by atoms with van der Waals surface area (Å²) in [6.45, 7) is 10.0. The molecule has 0 amide bonds. The van der Waals surface area contributed by atoms with Crippen LogP contribution < -0.4 is 20.9 Å². The summed E-state index contributed by atoms with van der Waals surface area (Å²) in [5.74, 6) is -5.88. The van der Waals surface area contributed by atoms with Crippen molar-refractivity contribution in [2.45, 2.75) is 78.3 Å². The zero-order valence-electron chi connectivity index (χ0n) is 38.9. The van der Waals surface area contributed by atoms with Gasteiger partial charge < -0.3 is 50.5 Å². The van der Waals surface area contributed by atoms with Crippen LogP contribution in [0.4, 0.5) is 11.4 Å². The van der Waals surface area contributed by atoms with Crippen LogP contribution in [0.25, 0.3) is 50.5 Å². The van der Waals surface area contributed by atoms with Gasteiger partial charge in [-0.25, -0.2) is 14.4 Å². The molecule has 1 aliphatic rings. The van der Waals surface area contributed by atoms with Gasteiger partial charge >= 0.3 is 50.6 Å². The average Bonchev–Trinajstić information content (AvgIpc) is 3.30. The summed E-state index contributed by atoms with van der Waals surface area (Å²) in [4.78, 5) is 81.6. The number of nitrogens with one attached hydrogen (secondary N) is 2. The van der Waals surface area contributed by atoms with Gasteiger partial charge in [0.1, 0.15) is 22.3 Å². The van der Waals surface area contributed by atoms with Gasteiger partial charge in [0, 0.05) is 55.1 Å². The van der Waals surface area contributed by atoms with Crippen molar-refractivity contribution < 1.29 is 74.3 Å². The zero-order valence-corrected chi connectivity index (χ0v) is 41.1. The predicted octanol–water partition coefficient (Wildman–Crippen LogP) is 9.19. The van der Waals surface area contributed by atoms with Crippen molar-refractivity contribution in [3.63, 3.8) is 0 Å². The molecule has 0 saturated heterocycles. The Labute approximate surface area is 412 Å². The van der Waals surface area contributed by atoms with Crippen LogP contribution in [0.15, 0.2) is 103 Å². The van der Waals surface area contributed by atoms with Gasteiger partial charge in [-0.1, -0.05) is 62.1 Å². The van der Waals surface area contributed by atoms with Crippen LogP contribution in [0.3, 0.4) is 0 Å². The molecule has 0 aliphatic heterocycles. The van der Waals surface area contributed by atoms with E-state index in [9.17, 15) is 24.0 Å². The van der Waals surface area contributed by atoms with Gasteiger partial charge in [0.15, 0.2) is 5.78 Å². The molecule has 2 aromatic heterocycles. The van der Waals surface area contributed by atoms with E-state index < -0.39 is 35.3 Å². The number of para-hydroxylation sites is 1. The average molecular weight is 1130 g/mol. The van der Waals surface area contributed by atoms with Crippen molar-refractivity contribution in [3.05, 3.63) is 145 Å². The molecule has 6 aromatic rings. The molecule has 2 atom stereocenters. The fourth-order valence-corrected chi connectivity index (χ4v) is 7.22. The van der Waals surface area contributed by atoms with E-state index in [1.165, 1.54) is 18.9 Å². The number of ketones is 1. The monoisotopic (exact) mass is 1130 g/mol. The standard InChI is InChI=1S/C26H28N2O5.C17H14O4.C6H12N2.C2H2O4.Pt/c1-4-28(5-2)21-12-9-19-16-22(26(32)33-24(19)17-21)23(29)13-8-18-6-10-20(11-7-18)27(3)15-14-25(30)31;1-9-6-7-13-15(20)12-5-3-4-11(8-14(18)19)17(12)21-16(13)10(9)2;7-5-3-1-2-4-6(5)8;3-1(4)2(5)6;/h6-13,16-17H,4-5,14-15H2,1-3H3,(H,30,31);3-7H,8H2,1-2H3,(H,18,19);5-8H,1-4H2;(H,3,4)(H,5,6);/q;;-2;;+2/b13-8+;;;;/t;;5-,6-;;/m..1../s1. The molecule has 0 spiro atoms. The minimum absolute atomic E-state index is 0. The number of carbonyl (C=O) groups excluding carboxylic acids is 1. The first kappa shape index (κ1) is 56.4. The number of rotatable bonds is 12. The Morgan fingerprint density at radius 3 is 1.88 bits per heavy atom. The van der Waals surface area contributed by atoms with Gasteiger partial charge in [-0.05, 0) is 92.9 Å². The van der Waals surface area contributed by atoms with Gasteiger partial charge in [-0.15, -0.1) is 0 Å².